The molecular formula is C18H18O3. The number of methoxy groups -OCH3 is 2. The van der Waals surface area contributed by atoms with E-state index in [9.17, 15) is 4.79 Å². The summed E-state index contributed by atoms with van der Waals surface area (Å²) >= 11 is 0. The molecule has 1 unspecified atom stereocenters. The van der Waals surface area contributed by atoms with Crippen molar-refractivity contribution in [1.82, 2.24) is 0 Å². The van der Waals surface area contributed by atoms with Gasteiger partial charge in [-0.15, -0.1) is 0 Å². The van der Waals surface area contributed by atoms with Gasteiger partial charge < -0.3 is 9.47 Å². The van der Waals surface area contributed by atoms with Gasteiger partial charge in [-0.05, 0) is 47.4 Å². The maximum Gasteiger partial charge on any atom is 0.145 e. The fourth-order valence-corrected chi connectivity index (χ4v) is 2.94. The smallest absolute Gasteiger partial charge is 0.145 e. The molecule has 21 heavy (non-hydrogen) atoms. The van der Waals surface area contributed by atoms with Gasteiger partial charge in [0.1, 0.15) is 17.3 Å². The Labute approximate surface area is 124 Å². The average molecular weight is 282 g/mol. The fraction of sp³-hybridized carbons (Fsp3) is 0.278. The van der Waals surface area contributed by atoms with Gasteiger partial charge in [0.2, 0.25) is 0 Å². The van der Waals surface area contributed by atoms with Crippen molar-refractivity contribution in [3.8, 4) is 11.5 Å². The molecule has 0 N–H and O–H groups in total. The average Bonchev–Trinajstić information content (AvgIpc) is 2.54. The molecule has 1 aliphatic carbocycles. The molecule has 0 fully saturated rings. The molecular weight excluding hydrogens is 264 g/mol. The van der Waals surface area contributed by atoms with Crippen LogP contribution in [0.2, 0.25) is 0 Å². The van der Waals surface area contributed by atoms with Crippen LogP contribution in [0.4, 0.5) is 0 Å². The molecule has 1 atom stereocenters. The van der Waals surface area contributed by atoms with Gasteiger partial charge in [-0.25, -0.2) is 0 Å². The third-order valence-electron chi connectivity index (χ3n) is 4.07. The largest absolute Gasteiger partial charge is 0.497 e. The van der Waals surface area contributed by atoms with Gasteiger partial charge in [-0.2, -0.15) is 0 Å². The summed E-state index contributed by atoms with van der Waals surface area (Å²) in [7, 11) is 3.30. The summed E-state index contributed by atoms with van der Waals surface area (Å²) in [5.41, 5.74) is 3.32. The third kappa shape index (κ3) is 2.51. The highest BCUT2D eigenvalue weighted by molar-refractivity contribution is 5.91. The van der Waals surface area contributed by atoms with Crippen LogP contribution in [-0.4, -0.2) is 20.0 Å². The number of aryl methyl sites for hydroxylation is 1. The monoisotopic (exact) mass is 282 g/mol. The third-order valence-corrected chi connectivity index (χ3v) is 4.07. The first-order valence-corrected chi connectivity index (χ1v) is 7.06. The van der Waals surface area contributed by atoms with E-state index in [-0.39, 0.29) is 11.7 Å². The van der Waals surface area contributed by atoms with E-state index in [0.29, 0.717) is 6.42 Å². The van der Waals surface area contributed by atoms with Crippen LogP contribution in [0.5, 0.6) is 11.5 Å². The molecule has 3 heteroatoms. The van der Waals surface area contributed by atoms with E-state index < -0.39 is 0 Å². The lowest BCUT2D eigenvalue weighted by molar-refractivity contribution is -0.120. The molecule has 0 amide bonds. The second-order valence-corrected chi connectivity index (χ2v) is 5.24. The van der Waals surface area contributed by atoms with Crippen molar-refractivity contribution in [1.29, 1.82) is 0 Å². The number of ketones is 1. The summed E-state index contributed by atoms with van der Waals surface area (Å²) < 4.78 is 10.5. The quantitative estimate of drug-likeness (QED) is 0.866. The minimum Gasteiger partial charge on any atom is -0.497 e. The molecule has 108 valence electrons. The fourth-order valence-electron chi connectivity index (χ4n) is 2.94. The van der Waals surface area contributed by atoms with Gasteiger partial charge in [-0.1, -0.05) is 18.2 Å². The molecule has 3 rings (SSSR count). The number of hydrogen-bond donors (Lipinski definition) is 0. The Hall–Kier alpha value is -2.29. The SMILES string of the molecule is COc1ccc(C2C(=O)CCc3cc(OC)ccc32)cc1. The highest BCUT2D eigenvalue weighted by Gasteiger charge is 2.29. The minimum atomic E-state index is -0.175. The summed E-state index contributed by atoms with van der Waals surface area (Å²) in [5.74, 6) is 1.75. The molecule has 3 nitrogen and oxygen atoms in total. The first-order valence-electron chi connectivity index (χ1n) is 7.06. The molecule has 0 radical (unpaired) electrons. The van der Waals surface area contributed by atoms with Gasteiger partial charge in [0.05, 0.1) is 20.1 Å². The summed E-state index contributed by atoms with van der Waals surface area (Å²) in [6, 6.07) is 13.7. The number of ether oxygens (including phenoxy) is 2. The van der Waals surface area contributed by atoms with Crippen LogP contribution in [0.25, 0.3) is 0 Å². The standard InChI is InChI=1S/C18H18O3/c1-20-14-6-3-12(4-7-14)18-16-9-8-15(21-2)11-13(16)5-10-17(18)19/h3-4,6-9,11,18H,5,10H2,1-2H3. The number of carbonyl (C=O) groups is 1. The zero-order valence-corrected chi connectivity index (χ0v) is 12.3. The molecule has 2 aromatic rings. The van der Waals surface area contributed by atoms with Crippen molar-refractivity contribution >= 4 is 5.78 Å². The number of hydrogen-bond acceptors (Lipinski definition) is 3. The van der Waals surface area contributed by atoms with Gasteiger partial charge in [0.25, 0.3) is 0 Å². The van der Waals surface area contributed by atoms with Crippen LogP contribution >= 0.6 is 0 Å². The van der Waals surface area contributed by atoms with E-state index >= 15 is 0 Å². The van der Waals surface area contributed by atoms with Crippen molar-refractivity contribution in [3.05, 3.63) is 59.2 Å². The molecule has 0 saturated heterocycles. The van der Waals surface area contributed by atoms with Crippen molar-refractivity contribution in [2.24, 2.45) is 0 Å². The highest BCUT2D eigenvalue weighted by Crippen LogP contribution is 2.36. The normalized spacial score (nSPS) is 17.2. The zero-order valence-electron chi connectivity index (χ0n) is 12.3. The van der Waals surface area contributed by atoms with Crippen molar-refractivity contribution in [3.63, 3.8) is 0 Å². The van der Waals surface area contributed by atoms with Crippen LogP contribution in [0, 0.1) is 0 Å². The molecule has 0 aliphatic heterocycles. The van der Waals surface area contributed by atoms with E-state index in [0.717, 1.165) is 29.0 Å². The maximum atomic E-state index is 12.4. The van der Waals surface area contributed by atoms with Crippen LogP contribution in [0.3, 0.4) is 0 Å². The topological polar surface area (TPSA) is 35.5 Å². The minimum absolute atomic E-state index is 0.175. The van der Waals surface area contributed by atoms with E-state index in [1.54, 1.807) is 14.2 Å². The summed E-state index contributed by atoms with van der Waals surface area (Å²) in [6.45, 7) is 0. The van der Waals surface area contributed by atoms with Crippen LogP contribution < -0.4 is 9.47 Å². The van der Waals surface area contributed by atoms with Crippen LogP contribution in [0.1, 0.15) is 29.0 Å². The highest BCUT2D eigenvalue weighted by atomic mass is 16.5. The Morgan fingerprint density at radius 2 is 1.57 bits per heavy atom. The summed E-state index contributed by atoms with van der Waals surface area (Å²) in [4.78, 5) is 12.4. The van der Waals surface area contributed by atoms with Crippen LogP contribution in [-0.2, 0) is 11.2 Å². The number of fused-ring (bicyclic) bond motifs is 1. The van der Waals surface area contributed by atoms with E-state index in [1.807, 2.05) is 42.5 Å². The first kappa shape index (κ1) is 13.7. The molecule has 1 aliphatic rings. The van der Waals surface area contributed by atoms with Crippen molar-refractivity contribution in [2.75, 3.05) is 14.2 Å². The first-order chi connectivity index (χ1) is 10.2. The molecule has 2 aromatic carbocycles. The Kier molecular flexibility index (Phi) is 3.65. The lowest BCUT2D eigenvalue weighted by Gasteiger charge is -2.25. The predicted octanol–water partition coefficient (Wildman–Crippen LogP) is 3.35. The molecule has 0 saturated carbocycles. The molecule has 0 bridgehead atoms. The number of Topliss-reactive ketones (excluding diaryl/α,β-unsaturated/α-hetero) is 1. The Morgan fingerprint density at radius 1 is 0.905 bits per heavy atom. The van der Waals surface area contributed by atoms with Gasteiger partial charge in [-0.3, -0.25) is 4.79 Å². The van der Waals surface area contributed by atoms with Crippen LogP contribution in [0.15, 0.2) is 42.5 Å². The van der Waals surface area contributed by atoms with Crippen molar-refractivity contribution < 1.29 is 14.3 Å². The Morgan fingerprint density at radius 3 is 2.24 bits per heavy atom. The molecule has 0 heterocycles. The van der Waals surface area contributed by atoms with Gasteiger partial charge in [0, 0.05) is 6.42 Å². The summed E-state index contributed by atoms with van der Waals surface area (Å²) in [6.07, 6.45) is 1.37. The summed E-state index contributed by atoms with van der Waals surface area (Å²) in [5, 5.41) is 0. The molecule has 0 spiro atoms. The van der Waals surface area contributed by atoms with Crippen molar-refractivity contribution in [2.45, 2.75) is 18.8 Å². The molecule has 0 aromatic heterocycles. The van der Waals surface area contributed by atoms with E-state index in [2.05, 4.69) is 0 Å². The number of rotatable bonds is 3. The Bertz CT molecular complexity index is 659. The zero-order chi connectivity index (χ0) is 14.8. The lowest BCUT2D eigenvalue weighted by Crippen LogP contribution is -2.21. The second-order valence-electron chi connectivity index (χ2n) is 5.24. The Balaban J connectivity index is 2.03. The van der Waals surface area contributed by atoms with Gasteiger partial charge in [0.15, 0.2) is 0 Å². The lowest BCUT2D eigenvalue weighted by atomic mass is 9.78. The predicted molar refractivity (Wildman–Crippen MR) is 81.2 cm³/mol. The van der Waals surface area contributed by atoms with Gasteiger partial charge >= 0.3 is 0 Å². The number of carbonyl (C=O) groups excluding carboxylic acids is 1. The maximum absolute atomic E-state index is 12.4. The number of benzene rings is 2. The van der Waals surface area contributed by atoms with E-state index in [1.165, 1.54) is 5.56 Å². The second kappa shape index (κ2) is 5.60. The van der Waals surface area contributed by atoms with E-state index in [4.69, 9.17) is 9.47 Å².